The summed E-state index contributed by atoms with van der Waals surface area (Å²) in [6, 6.07) is 4.54. The van der Waals surface area contributed by atoms with Crippen LogP contribution in [0.4, 0.5) is 0 Å². The zero-order valence-electron chi connectivity index (χ0n) is 11.9. The number of hydrogen-bond donors (Lipinski definition) is 1. The highest BCUT2D eigenvalue weighted by molar-refractivity contribution is 7.89. The van der Waals surface area contributed by atoms with Gasteiger partial charge in [-0.2, -0.15) is 4.31 Å². The van der Waals surface area contributed by atoms with E-state index >= 15 is 0 Å². The van der Waals surface area contributed by atoms with Crippen LogP contribution < -0.4 is 4.74 Å². The number of ether oxygens (including phenoxy) is 1. The van der Waals surface area contributed by atoms with E-state index in [0.717, 1.165) is 12.0 Å². The maximum atomic E-state index is 13.1. The molecule has 3 atom stereocenters. The van der Waals surface area contributed by atoms with Crippen LogP contribution in [0, 0.1) is 5.92 Å². The molecule has 1 N–H and O–H groups in total. The normalized spacial score (nSPS) is 30.3. The van der Waals surface area contributed by atoms with E-state index in [4.69, 9.17) is 4.74 Å². The first-order valence-electron chi connectivity index (χ1n) is 7.51. The van der Waals surface area contributed by atoms with Gasteiger partial charge in [0.25, 0.3) is 0 Å². The van der Waals surface area contributed by atoms with Gasteiger partial charge in [-0.3, -0.25) is 4.79 Å². The predicted octanol–water partition coefficient (Wildman–Crippen LogP) is 1.25. The number of fused-ring (bicyclic) bond motifs is 3. The van der Waals surface area contributed by atoms with Gasteiger partial charge in [-0.25, -0.2) is 8.42 Å². The second-order valence-corrected chi connectivity index (χ2v) is 7.97. The number of para-hydroxylation sites is 1. The van der Waals surface area contributed by atoms with Crippen LogP contribution in [0.5, 0.6) is 5.75 Å². The van der Waals surface area contributed by atoms with Crippen LogP contribution in [-0.4, -0.2) is 42.5 Å². The molecule has 0 spiro atoms. The molecule has 0 aromatic heterocycles. The Hall–Kier alpha value is -1.60. The van der Waals surface area contributed by atoms with Gasteiger partial charge in [0.2, 0.25) is 10.0 Å². The number of benzene rings is 1. The minimum absolute atomic E-state index is 0.186. The number of sulfonamides is 1. The Morgan fingerprint density at radius 3 is 2.86 bits per heavy atom. The lowest BCUT2D eigenvalue weighted by molar-refractivity contribution is -0.142. The minimum Gasteiger partial charge on any atom is -0.492 e. The molecule has 118 valence electrons. The molecule has 1 aromatic carbocycles. The van der Waals surface area contributed by atoms with Gasteiger partial charge < -0.3 is 9.84 Å². The standard InChI is InChI=1S/C15H17NO5S/c17-15(18)11-8-10-4-5-12(11)16(10)22(19,20)13-3-1-2-9-6-7-21-14(9)13/h1-3,10-12H,4-8H2,(H,17,18). The van der Waals surface area contributed by atoms with Crippen LogP contribution in [0.3, 0.4) is 0 Å². The lowest BCUT2D eigenvalue weighted by Gasteiger charge is -2.23. The number of carboxylic acids is 1. The molecule has 0 radical (unpaired) electrons. The van der Waals surface area contributed by atoms with Crippen molar-refractivity contribution in [2.75, 3.05) is 6.61 Å². The van der Waals surface area contributed by atoms with Gasteiger partial charge in [-0.15, -0.1) is 0 Å². The lowest BCUT2D eigenvalue weighted by Crippen LogP contribution is -2.38. The highest BCUT2D eigenvalue weighted by atomic mass is 32.2. The fraction of sp³-hybridized carbons (Fsp3) is 0.533. The quantitative estimate of drug-likeness (QED) is 0.905. The van der Waals surface area contributed by atoms with E-state index in [0.29, 0.717) is 31.6 Å². The van der Waals surface area contributed by atoms with Gasteiger partial charge in [-0.05, 0) is 30.9 Å². The maximum absolute atomic E-state index is 13.1. The molecule has 4 rings (SSSR count). The molecule has 0 aliphatic carbocycles. The van der Waals surface area contributed by atoms with E-state index in [1.54, 1.807) is 12.1 Å². The van der Waals surface area contributed by atoms with E-state index < -0.39 is 28.0 Å². The third kappa shape index (κ3) is 1.82. The summed E-state index contributed by atoms with van der Waals surface area (Å²) in [5, 5.41) is 9.30. The zero-order valence-corrected chi connectivity index (χ0v) is 12.8. The Balaban J connectivity index is 1.77. The number of aliphatic carboxylic acids is 1. The number of hydrogen-bond acceptors (Lipinski definition) is 4. The number of carboxylic acid groups (broad SMARTS) is 1. The van der Waals surface area contributed by atoms with Crippen molar-refractivity contribution >= 4 is 16.0 Å². The van der Waals surface area contributed by atoms with Crippen molar-refractivity contribution in [2.24, 2.45) is 5.92 Å². The molecular formula is C15H17NO5S. The SMILES string of the molecule is O=C(O)C1CC2CCC1N2S(=O)(=O)c1cccc2c1OCC2. The molecule has 0 saturated carbocycles. The number of nitrogens with zero attached hydrogens (tertiary/aromatic N) is 1. The van der Waals surface area contributed by atoms with Crippen LogP contribution in [0.1, 0.15) is 24.8 Å². The zero-order chi connectivity index (χ0) is 15.5. The fourth-order valence-corrected chi connectivity index (χ4v) is 6.18. The molecule has 3 unspecified atom stereocenters. The molecular weight excluding hydrogens is 306 g/mol. The summed E-state index contributed by atoms with van der Waals surface area (Å²) >= 11 is 0. The van der Waals surface area contributed by atoms with Crippen molar-refractivity contribution in [1.82, 2.24) is 4.31 Å². The fourth-order valence-electron chi connectivity index (χ4n) is 4.08. The molecule has 3 aliphatic rings. The van der Waals surface area contributed by atoms with Crippen LogP contribution in [0.25, 0.3) is 0 Å². The monoisotopic (exact) mass is 323 g/mol. The Morgan fingerprint density at radius 1 is 1.32 bits per heavy atom. The molecule has 0 amide bonds. The summed E-state index contributed by atoms with van der Waals surface area (Å²) in [6.45, 7) is 0.493. The average molecular weight is 323 g/mol. The van der Waals surface area contributed by atoms with Gasteiger partial charge in [0.15, 0.2) is 0 Å². The Bertz CT molecular complexity index is 744. The first-order valence-corrected chi connectivity index (χ1v) is 8.95. The molecule has 3 heterocycles. The van der Waals surface area contributed by atoms with Crippen LogP contribution in [0.15, 0.2) is 23.1 Å². The van der Waals surface area contributed by atoms with Crippen LogP contribution >= 0.6 is 0 Å². The summed E-state index contributed by atoms with van der Waals surface area (Å²) in [7, 11) is -3.72. The third-order valence-electron chi connectivity index (χ3n) is 5.02. The molecule has 6 nitrogen and oxygen atoms in total. The van der Waals surface area contributed by atoms with Crippen LogP contribution in [0.2, 0.25) is 0 Å². The molecule has 2 fully saturated rings. The van der Waals surface area contributed by atoms with Gasteiger partial charge >= 0.3 is 5.97 Å². The molecule has 22 heavy (non-hydrogen) atoms. The highest BCUT2D eigenvalue weighted by Crippen LogP contribution is 2.46. The first-order chi connectivity index (χ1) is 10.5. The summed E-state index contributed by atoms with van der Waals surface area (Å²) in [5.41, 5.74) is 0.905. The molecule has 7 heteroatoms. The Labute approximate surface area is 128 Å². The minimum atomic E-state index is -3.72. The van der Waals surface area contributed by atoms with Crippen molar-refractivity contribution in [3.63, 3.8) is 0 Å². The molecule has 1 aromatic rings. The van der Waals surface area contributed by atoms with E-state index in [-0.39, 0.29) is 10.9 Å². The van der Waals surface area contributed by atoms with Crippen molar-refractivity contribution in [2.45, 2.75) is 42.7 Å². The smallest absolute Gasteiger partial charge is 0.308 e. The summed E-state index contributed by atoms with van der Waals surface area (Å²) < 4.78 is 33.1. The molecule has 3 aliphatic heterocycles. The van der Waals surface area contributed by atoms with E-state index in [2.05, 4.69) is 0 Å². The Morgan fingerprint density at radius 2 is 2.14 bits per heavy atom. The van der Waals surface area contributed by atoms with Gasteiger partial charge in [0.05, 0.1) is 12.5 Å². The second-order valence-electron chi connectivity index (χ2n) is 6.16. The van der Waals surface area contributed by atoms with Crippen molar-refractivity contribution in [3.05, 3.63) is 23.8 Å². The van der Waals surface area contributed by atoms with E-state index in [9.17, 15) is 18.3 Å². The van der Waals surface area contributed by atoms with Crippen LogP contribution in [-0.2, 0) is 21.2 Å². The van der Waals surface area contributed by atoms with Gasteiger partial charge in [0.1, 0.15) is 10.6 Å². The third-order valence-corrected chi connectivity index (χ3v) is 7.03. The van der Waals surface area contributed by atoms with Gasteiger partial charge in [0, 0.05) is 18.5 Å². The van der Waals surface area contributed by atoms with Crippen molar-refractivity contribution in [1.29, 1.82) is 0 Å². The average Bonchev–Trinajstić information content (AvgIpc) is 3.19. The second kappa shape index (κ2) is 4.70. The summed E-state index contributed by atoms with van der Waals surface area (Å²) in [5.74, 6) is -1.05. The van der Waals surface area contributed by atoms with Crippen molar-refractivity contribution in [3.8, 4) is 5.75 Å². The van der Waals surface area contributed by atoms with E-state index in [1.807, 2.05) is 6.07 Å². The predicted molar refractivity (Wildman–Crippen MR) is 77.2 cm³/mol. The van der Waals surface area contributed by atoms with Gasteiger partial charge in [-0.1, -0.05) is 12.1 Å². The summed E-state index contributed by atoms with van der Waals surface area (Å²) in [4.78, 5) is 11.5. The number of rotatable bonds is 3. The van der Waals surface area contributed by atoms with E-state index in [1.165, 1.54) is 4.31 Å². The van der Waals surface area contributed by atoms with Crippen molar-refractivity contribution < 1.29 is 23.1 Å². The first kappa shape index (κ1) is 14.0. The lowest BCUT2D eigenvalue weighted by atomic mass is 9.89. The molecule has 2 bridgehead atoms. The largest absolute Gasteiger partial charge is 0.492 e. The maximum Gasteiger partial charge on any atom is 0.308 e. The topological polar surface area (TPSA) is 83.9 Å². The number of carbonyl (C=O) groups is 1. The molecule has 2 saturated heterocycles. The Kier molecular flexibility index (Phi) is 2.99. The highest BCUT2D eigenvalue weighted by Gasteiger charge is 2.55. The summed E-state index contributed by atoms with van der Waals surface area (Å²) in [6.07, 6.45) is 2.48.